The molecule has 6 heteroatoms. The highest BCUT2D eigenvalue weighted by Gasteiger charge is 2.20. The lowest BCUT2D eigenvalue weighted by Gasteiger charge is -2.26. The van der Waals surface area contributed by atoms with Crippen LogP contribution in [0, 0.1) is 11.7 Å². The maximum Gasteiger partial charge on any atom is 0.227 e. The van der Waals surface area contributed by atoms with Crippen molar-refractivity contribution in [3.05, 3.63) is 34.6 Å². The maximum atomic E-state index is 13.1. The number of ether oxygens (including phenoxy) is 1. The molecule has 0 saturated carbocycles. The third kappa shape index (κ3) is 5.61. The third-order valence-electron chi connectivity index (χ3n) is 3.19. The van der Waals surface area contributed by atoms with Crippen LogP contribution in [-0.4, -0.2) is 44.7 Å². The normalized spacial score (nSPS) is 12.2. The number of benzene rings is 1. The Kier molecular flexibility index (Phi) is 7.64. The highest BCUT2D eigenvalue weighted by atomic mass is 35.5. The SMILES string of the molecule is CNCC(C)C(=O)N(CCOC)Cc1ccc(F)cc1Cl. The van der Waals surface area contributed by atoms with E-state index >= 15 is 0 Å². The molecule has 118 valence electrons. The summed E-state index contributed by atoms with van der Waals surface area (Å²) in [6, 6.07) is 4.21. The summed E-state index contributed by atoms with van der Waals surface area (Å²) >= 11 is 6.03. The lowest BCUT2D eigenvalue weighted by atomic mass is 10.1. The van der Waals surface area contributed by atoms with Gasteiger partial charge in [0.2, 0.25) is 5.91 Å². The molecule has 1 N–H and O–H groups in total. The van der Waals surface area contributed by atoms with Gasteiger partial charge in [0.25, 0.3) is 0 Å². The monoisotopic (exact) mass is 316 g/mol. The van der Waals surface area contributed by atoms with E-state index in [-0.39, 0.29) is 17.6 Å². The number of nitrogens with one attached hydrogen (secondary N) is 1. The molecule has 0 fully saturated rings. The van der Waals surface area contributed by atoms with Crippen molar-refractivity contribution in [3.63, 3.8) is 0 Å². The van der Waals surface area contributed by atoms with Gasteiger partial charge in [-0.2, -0.15) is 0 Å². The molecule has 0 heterocycles. The van der Waals surface area contributed by atoms with Crippen molar-refractivity contribution < 1.29 is 13.9 Å². The molecule has 0 aliphatic heterocycles. The Morgan fingerprint density at radius 3 is 2.81 bits per heavy atom. The van der Waals surface area contributed by atoms with Gasteiger partial charge in [-0.05, 0) is 24.7 Å². The van der Waals surface area contributed by atoms with Crippen LogP contribution in [0.3, 0.4) is 0 Å². The van der Waals surface area contributed by atoms with Crippen molar-refractivity contribution in [1.82, 2.24) is 10.2 Å². The Hall–Kier alpha value is -1.17. The molecule has 0 saturated heterocycles. The van der Waals surface area contributed by atoms with Crippen LogP contribution in [0.15, 0.2) is 18.2 Å². The Bertz CT molecular complexity index is 471. The quantitative estimate of drug-likeness (QED) is 0.800. The predicted octanol–water partition coefficient (Wildman–Crippen LogP) is 2.31. The van der Waals surface area contributed by atoms with Gasteiger partial charge in [0.1, 0.15) is 5.82 Å². The predicted molar refractivity (Wildman–Crippen MR) is 81.8 cm³/mol. The van der Waals surface area contributed by atoms with Crippen LogP contribution >= 0.6 is 11.6 Å². The highest BCUT2D eigenvalue weighted by molar-refractivity contribution is 6.31. The lowest BCUT2D eigenvalue weighted by Crippen LogP contribution is -2.40. The highest BCUT2D eigenvalue weighted by Crippen LogP contribution is 2.19. The van der Waals surface area contributed by atoms with Crippen LogP contribution in [0.25, 0.3) is 0 Å². The number of nitrogens with zero attached hydrogens (tertiary/aromatic N) is 1. The fourth-order valence-electron chi connectivity index (χ4n) is 2.03. The van der Waals surface area contributed by atoms with Crippen LogP contribution in [-0.2, 0) is 16.1 Å². The number of carbonyl (C=O) groups excluding carboxylic acids is 1. The van der Waals surface area contributed by atoms with E-state index in [9.17, 15) is 9.18 Å². The first-order valence-electron chi connectivity index (χ1n) is 6.85. The maximum absolute atomic E-state index is 13.1. The minimum atomic E-state index is -0.387. The number of carbonyl (C=O) groups is 1. The number of amides is 1. The fourth-order valence-corrected chi connectivity index (χ4v) is 2.26. The van der Waals surface area contributed by atoms with Gasteiger partial charge in [0.15, 0.2) is 0 Å². The summed E-state index contributed by atoms with van der Waals surface area (Å²) in [6.07, 6.45) is 0. The second-order valence-electron chi connectivity index (χ2n) is 4.95. The minimum absolute atomic E-state index is 0.0155. The topological polar surface area (TPSA) is 41.6 Å². The molecule has 1 rings (SSSR count). The van der Waals surface area contributed by atoms with Gasteiger partial charge in [-0.1, -0.05) is 24.6 Å². The number of rotatable bonds is 8. The molecule has 21 heavy (non-hydrogen) atoms. The van der Waals surface area contributed by atoms with Gasteiger partial charge in [0, 0.05) is 37.7 Å². The first kappa shape index (κ1) is 17.9. The van der Waals surface area contributed by atoms with Gasteiger partial charge in [-0.25, -0.2) is 4.39 Å². The van der Waals surface area contributed by atoms with E-state index in [1.54, 1.807) is 25.1 Å². The van der Waals surface area contributed by atoms with E-state index in [0.29, 0.717) is 31.3 Å². The summed E-state index contributed by atoms with van der Waals surface area (Å²) in [7, 11) is 3.39. The van der Waals surface area contributed by atoms with Crippen LogP contribution in [0.5, 0.6) is 0 Å². The van der Waals surface area contributed by atoms with Gasteiger partial charge in [0.05, 0.1) is 6.61 Å². The molecule has 0 bridgehead atoms. The van der Waals surface area contributed by atoms with Crippen molar-refractivity contribution in [2.45, 2.75) is 13.5 Å². The number of hydrogen-bond donors (Lipinski definition) is 1. The van der Waals surface area contributed by atoms with Gasteiger partial charge in [-0.3, -0.25) is 4.79 Å². The van der Waals surface area contributed by atoms with E-state index in [1.807, 2.05) is 6.92 Å². The van der Waals surface area contributed by atoms with Crippen LogP contribution < -0.4 is 5.32 Å². The number of methoxy groups -OCH3 is 1. The van der Waals surface area contributed by atoms with E-state index < -0.39 is 0 Å². The third-order valence-corrected chi connectivity index (χ3v) is 3.54. The Morgan fingerprint density at radius 1 is 1.52 bits per heavy atom. The van der Waals surface area contributed by atoms with Crippen molar-refractivity contribution in [2.75, 3.05) is 33.9 Å². The number of halogens is 2. The van der Waals surface area contributed by atoms with Gasteiger partial charge < -0.3 is 15.0 Å². The summed E-state index contributed by atoms with van der Waals surface area (Å²) in [5.74, 6) is -0.519. The smallest absolute Gasteiger partial charge is 0.227 e. The standard InChI is InChI=1S/C15H22ClFN2O2/c1-11(9-18-2)15(20)19(6-7-21-3)10-12-4-5-13(17)8-14(12)16/h4-5,8,11,18H,6-7,9-10H2,1-3H3. The zero-order valence-corrected chi connectivity index (χ0v) is 13.4. The molecule has 1 unspecified atom stereocenters. The summed E-state index contributed by atoms with van der Waals surface area (Å²) in [6.45, 7) is 3.72. The second kappa shape index (κ2) is 8.97. The summed E-state index contributed by atoms with van der Waals surface area (Å²) in [5.41, 5.74) is 0.721. The summed E-state index contributed by atoms with van der Waals surface area (Å²) in [4.78, 5) is 14.1. The molecule has 4 nitrogen and oxygen atoms in total. The van der Waals surface area contributed by atoms with E-state index in [4.69, 9.17) is 16.3 Å². The van der Waals surface area contributed by atoms with Crippen LogP contribution in [0.1, 0.15) is 12.5 Å². The van der Waals surface area contributed by atoms with E-state index in [0.717, 1.165) is 5.56 Å². The lowest BCUT2D eigenvalue weighted by molar-refractivity contribution is -0.136. The molecule has 0 aliphatic carbocycles. The average molecular weight is 317 g/mol. The van der Waals surface area contributed by atoms with Crippen LogP contribution in [0.2, 0.25) is 5.02 Å². The van der Waals surface area contributed by atoms with E-state index in [2.05, 4.69) is 5.32 Å². The number of hydrogen-bond acceptors (Lipinski definition) is 3. The molecule has 1 aromatic rings. The van der Waals surface area contributed by atoms with Crippen molar-refractivity contribution in [1.29, 1.82) is 0 Å². The molecule has 0 aromatic heterocycles. The van der Waals surface area contributed by atoms with Crippen molar-refractivity contribution in [2.24, 2.45) is 5.92 Å². The first-order valence-corrected chi connectivity index (χ1v) is 7.23. The van der Waals surface area contributed by atoms with Gasteiger partial charge in [-0.15, -0.1) is 0 Å². The zero-order chi connectivity index (χ0) is 15.8. The molecule has 1 amide bonds. The summed E-state index contributed by atoms with van der Waals surface area (Å²) < 4.78 is 18.1. The second-order valence-corrected chi connectivity index (χ2v) is 5.35. The largest absolute Gasteiger partial charge is 0.383 e. The fraction of sp³-hybridized carbons (Fsp3) is 0.533. The van der Waals surface area contributed by atoms with Crippen LogP contribution in [0.4, 0.5) is 4.39 Å². The molecule has 0 radical (unpaired) electrons. The molecular formula is C15H22ClFN2O2. The molecular weight excluding hydrogens is 295 g/mol. The first-order chi connectivity index (χ1) is 9.99. The Labute approximate surface area is 130 Å². The Balaban J connectivity index is 2.84. The van der Waals surface area contributed by atoms with Gasteiger partial charge >= 0.3 is 0 Å². The average Bonchev–Trinajstić information content (AvgIpc) is 2.45. The van der Waals surface area contributed by atoms with Crippen molar-refractivity contribution >= 4 is 17.5 Å². The van der Waals surface area contributed by atoms with E-state index in [1.165, 1.54) is 12.1 Å². The molecule has 1 atom stereocenters. The molecule has 0 spiro atoms. The van der Waals surface area contributed by atoms with Crippen molar-refractivity contribution in [3.8, 4) is 0 Å². The summed E-state index contributed by atoms with van der Waals surface area (Å²) in [5, 5.41) is 3.31. The Morgan fingerprint density at radius 2 is 2.24 bits per heavy atom. The molecule has 0 aliphatic rings. The zero-order valence-electron chi connectivity index (χ0n) is 12.7. The molecule has 1 aromatic carbocycles. The minimum Gasteiger partial charge on any atom is -0.383 e.